The summed E-state index contributed by atoms with van der Waals surface area (Å²) in [5.41, 5.74) is 0.413. The summed E-state index contributed by atoms with van der Waals surface area (Å²) in [6, 6.07) is 4.57. The van der Waals surface area contributed by atoms with Gasteiger partial charge in [-0.15, -0.1) is 0 Å². The largest absolute Gasteiger partial charge is 0.334 e. The van der Waals surface area contributed by atoms with Crippen molar-refractivity contribution in [3.63, 3.8) is 0 Å². The Morgan fingerprint density at radius 3 is 2.90 bits per heavy atom. The van der Waals surface area contributed by atoms with Gasteiger partial charge in [-0.05, 0) is 44.0 Å². The monoisotopic (exact) mass is 342 g/mol. The van der Waals surface area contributed by atoms with Crippen molar-refractivity contribution in [2.75, 3.05) is 19.6 Å². The third-order valence-corrected chi connectivity index (χ3v) is 4.00. The Hall–Kier alpha value is -0.940. The zero-order valence-electron chi connectivity index (χ0n) is 11.7. The van der Waals surface area contributed by atoms with Crippen LogP contribution in [0.3, 0.4) is 0 Å². The van der Waals surface area contributed by atoms with Gasteiger partial charge in [0.25, 0.3) is 5.91 Å². The average Bonchev–Trinajstić information content (AvgIpc) is 2.44. The van der Waals surface area contributed by atoms with E-state index in [2.05, 4.69) is 28.2 Å². The normalized spacial score (nSPS) is 18.9. The van der Waals surface area contributed by atoms with Crippen LogP contribution in [0.5, 0.6) is 0 Å². The average molecular weight is 343 g/mol. The van der Waals surface area contributed by atoms with Crippen LogP contribution in [0, 0.1) is 5.82 Å². The summed E-state index contributed by atoms with van der Waals surface area (Å²) < 4.78 is 14.1. The molecule has 1 heterocycles. The maximum Gasteiger partial charge on any atom is 0.254 e. The number of rotatable bonds is 4. The number of hydrogen-bond donors (Lipinski definition) is 1. The number of piperidine rings is 1. The molecule has 0 radical (unpaired) electrons. The molecule has 0 aromatic heterocycles. The number of carbonyl (C=O) groups excluding carboxylic acids is 1. The van der Waals surface area contributed by atoms with Crippen LogP contribution < -0.4 is 5.32 Å². The minimum atomic E-state index is -0.388. The molecule has 2 rings (SSSR count). The summed E-state index contributed by atoms with van der Waals surface area (Å²) in [7, 11) is 0. The third-order valence-electron chi connectivity index (χ3n) is 3.55. The van der Waals surface area contributed by atoms with Gasteiger partial charge >= 0.3 is 0 Å². The Kier molecular flexibility index (Phi) is 5.54. The molecule has 0 spiro atoms. The Morgan fingerprint density at radius 1 is 1.50 bits per heavy atom. The zero-order chi connectivity index (χ0) is 14.5. The van der Waals surface area contributed by atoms with Crippen LogP contribution in [0.2, 0.25) is 0 Å². The molecule has 1 aromatic carbocycles. The third kappa shape index (κ3) is 3.79. The molecule has 3 nitrogen and oxygen atoms in total. The first-order chi connectivity index (χ1) is 9.61. The van der Waals surface area contributed by atoms with Gasteiger partial charge in [0.1, 0.15) is 5.82 Å². The van der Waals surface area contributed by atoms with Crippen LogP contribution in [-0.4, -0.2) is 36.5 Å². The second kappa shape index (κ2) is 7.18. The molecule has 0 bridgehead atoms. The molecular weight excluding hydrogens is 323 g/mol. The van der Waals surface area contributed by atoms with Gasteiger partial charge in [0.05, 0.1) is 0 Å². The zero-order valence-corrected chi connectivity index (χ0v) is 13.2. The molecule has 1 aromatic rings. The molecule has 110 valence electrons. The van der Waals surface area contributed by atoms with Gasteiger partial charge in [-0.25, -0.2) is 4.39 Å². The standard InChI is InChI=1S/C15H20BrFN2O/c1-2-6-19(14-4-3-5-18-10-14)15(20)11-7-12(16)9-13(17)8-11/h7-9,14,18H,2-6,10H2,1H3. The molecule has 0 saturated carbocycles. The number of nitrogens with one attached hydrogen (secondary N) is 1. The second-order valence-electron chi connectivity index (χ2n) is 5.16. The highest BCUT2D eigenvalue weighted by Gasteiger charge is 2.25. The Bertz CT molecular complexity index is 455. The predicted octanol–water partition coefficient (Wildman–Crippen LogP) is 3.19. The molecule has 1 N–H and O–H groups in total. The quantitative estimate of drug-likeness (QED) is 0.911. The van der Waals surface area contributed by atoms with Crippen molar-refractivity contribution >= 4 is 21.8 Å². The van der Waals surface area contributed by atoms with E-state index in [9.17, 15) is 9.18 Å². The highest BCUT2D eigenvalue weighted by atomic mass is 79.9. The van der Waals surface area contributed by atoms with Crippen LogP contribution in [0.4, 0.5) is 4.39 Å². The summed E-state index contributed by atoms with van der Waals surface area (Å²) >= 11 is 3.24. The van der Waals surface area contributed by atoms with E-state index in [0.29, 0.717) is 16.6 Å². The number of carbonyl (C=O) groups is 1. The second-order valence-corrected chi connectivity index (χ2v) is 6.07. The van der Waals surface area contributed by atoms with Gasteiger partial charge in [0.15, 0.2) is 0 Å². The Balaban J connectivity index is 2.20. The lowest BCUT2D eigenvalue weighted by molar-refractivity contribution is 0.0648. The molecule has 1 saturated heterocycles. The van der Waals surface area contributed by atoms with E-state index in [-0.39, 0.29) is 17.8 Å². The van der Waals surface area contributed by atoms with E-state index < -0.39 is 0 Å². The first kappa shape index (κ1) is 15.4. The summed E-state index contributed by atoms with van der Waals surface area (Å²) in [6.07, 6.45) is 2.99. The van der Waals surface area contributed by atoms with Crippen molar-refractivity contribution < 1.29 is 9.18 Å². The first-order valence-electron chi connectivity index (χ1n) is 7.09. The molecule has 1 unspecified atom stereocenters. The maximum atomic E-state index is 13.5. The predicted molar refractivity (Wildman–Crippen MR) is 81.3 cm³/mol. The molecule has 1 amide bonds. The molecule has 1 fully saturated rings. The van der Waals surface area contributed by atoms with Gasteiger partial charge in [-0.3, -0.25) is 4.79 Å². The van der Waals surface area contributed by atoms with E-state index in [4.69, 9.17) is 0 Å². The molecule has 0 aliphatic carbocycles. The summed E-state index contributed by atoms with van der Waals surface area (Å²) in [5, 5.41) is 3.33. The van der Waals surface area contributed by atoms with Crippen molar-refractivity contribution in [3.8, 4) is 0 Å². The van der Waals surface area contributed by atoms with Crippen molar-refractivity contribution in [1.29, 1.82) is 0 Å². The fourth-order valence-corrected chi connectivity index (χ4v) is 3.10. The molecular formula is C15H20BrFN2O. The van der Waals surface area contributed by atoms with Crippen molar-refractivity contribution in [3.05, 3.63) is 34.1 Å². The first-order valence-corrected chi connectivity index (χ1v) is 7.89. The fraction of sp³-hybridized carbons (Fsp3) is 0.533. The van der Waals surface area contributed by atoms with Gasteiger partial charge in [0.2, 0.25) is 0 Å². The van der Waals surface area contributed by atoms with E-state index in [0.717, 1.165) is 32.4 Å². The lowest BCUT2D eigenvalue weighted by Crippen LogP contribution is -2.49. The highest BCUT2D eigenvalue weighted by molar-refractivity contribution is 9.10. The molecule has 20 heavy (non-hydrogen) atoms. The van der Waals surface area contributed by atoms with E-state index in [1.54, 1.807) is 6.07 Å². The molecule has 1 atom stereocenters. The molecule has 1 aliphatic rings. The SMILES string of the molecule is CCCN(C(=O)c1cc(F)cc(Br)c1)C1CCCNC1. The smallest absolute Gasteiger partial charge is 0.254 e. The number of amides is 1. The van der Waals surface area contributed by atoms with Crippen LogP contribution in [0.15, 0.2) is 22.7 Å². The van der Waals surface area contributed by atoms with Crippen LogP contribution in [0.1, 0.15) is 36.5 Å². The van der Waals surface area contributed by atoms with Crippen LogP contribution in [-0.2, 0) is 0 Å². The highest BCUT2D eigenvalue weighted by Crippen LogP contribution is 2.19. The van der Waals surface area contributed by atoms with E-state index in [1.807, 2.05) is 4.90 Å². The van der Waals surface area contributed by atoms with E-state index in [1.165, 1.54) is 12.1 Å². The summed E-state index contributed by atoms with van der Waals surface area (Å²) in [5.74, 6) is -0.471. The number of benzene rings is 1. The number of halogens is 2. The van der Waals surface area contributed by atoms with Gasteiger partial charge in [-0.1, -0.05) is 22.9 Å². The Labute approximate surface area is 127 Å². The minimum Gasteiger partial charge on any atom is -0.334 e. The van der Waals surface area contributed by atoms with Crippen molar-refractivity contribution in [2.45, 2.75) is 32.2 Å². The summed E-state index contributed by atoms with van der Waals surface area (Å²) in [4.78, 5) is 14.5. The topological polar surface area (TPSA) is 32.3 Å². The van der Waals surface area contributed by atoms with Gasteiger partial charge in [0, 0.05) is 29.2 Å². The van der Waals surface area contributed by atoms with Crippen LogP contribution >= 0.6 is 15.9 Å². The number of hydrogen-bond acceptors (Lipinski definition) is 2. The van der Waals surface area contributed by atoms with E-state index >= 15 is 0 Å². The van der Waals surface area contributed by atoms with Crippen LogP contribution in [0.25, 0.3) is 0 Å². The van der Waals surface area contributed by atoms with Crippen molar-refractivity contribution in [1.82, 2.24) is 10.2 Å². The summed E-state index contributed by atoms with van der Waals surface area (Å²) in [6.45, 7) is 4.59. The lowest BCUT2D eigenvalue weighted by atomic mass is 10.0. The fourth-order valence-electron chi connectivity index (χ4n) is 2.63. The van der Waals surface area contributed by atoms with Crippen molar-refractivity contribution in [2.24, 2.45) is 0 Å². The van der Waals surface area contributed by atoms with Gasteiger partial charge in [-0.2, -0.15) is 0 Å². The minimum absolute atomic E-state index is 0.0826. The number of nitrogens with zero attached hydrogens (tertiary/aromatic N) is 1. The molecule has 5 heteroatoms. The van der Waals surface area contributed by atoms with Gasteiger partial charge < -0.3 is 10.2 Å². The lowest BCUT2D eigenvalue weighted by Gasteiger charge is -2.34. The molecule has 1 aliphatic heterocycles. The Morgan fingerprint density at radius 2 is 2.30 bits per heavy atom. The maximum absolute atomic E-state index is 13.5.